The largest absolute Gasteiger partial charge is 0.494 e. The summed E-state index contributed by atoms with van der Waals surface area (Å²) in [6.07, 6.45) is 3.02. The molecule has 3 rings (SSSR count). The third-order valence-electron chi connectivity index (χ3n) is 4.25. The van der Waals surface area contributed by atoms with E-state index in [1.807, 2.05) is 6.92 Å². The second-order valence-electron chi connectivity index (χ2n) is 6.04. The quantitative estimate of drug-likeness (QED) is 0.832. The topological polar surface area (TPSA) is 83.8 Å². The highest BCUT2D eigenvalue weighted by atomic mass is 16.5. The molecule has 1 aromatic carbocycles. The molecular weight excluding hydrogens is 334 g/mol. The Bertz CT molecular complexity index is 728. The van der Waals surface area contributed by atoms with Crippen LogP contribution in [0.25, 0.3) is 0 Å². The molecule has 0 saturated carbocycles. The maximum Gasteiger partial charge on any atom is 0.322 e. The zero-order valence-electron chi connectivity index (χ0n) is 14.7. The monoisotopic (exact) mass is 357 g/mol. The normalized spacial score (nSPS) is 16.3. The molecule has 1 aromatic heterocycles. The van der Waals surface area contributed by atoms with Gasteiger partial charge >= 0.3 is 6.03 Å². The first-order chi connectivity index (χ1) is 12.7. The summed E-state index contributed by atoms with van der Waals surface area (Å²) in [5.74, 6) is 1.27. The number of rotatable bonds is 6. The fourth-order valence-corrected chi connectivity index (χ4v) is 2.98. The average molecular weight is 357 g/mol. The van der Waals surface area contributed by atoms with Crippen LogP contribution in [0.1, 0.15) is 25.5 Å². The second kappa shape index (κ2) is 8.42. The first kappa shape index (κ1) is 17.8. The zero-order chi connectivity index (χ0) is 18.4. The average Bonchev–Trinajstić information content (AvgIpc) is 3.33. The first-order valence-corrected chi connectivity index (χ1v) is 8.78. The Balaban J connectivity index is 1.56. The van der Waals surface area contributed by atoms with Gasteiger partial charge < -0.3 is 24.7 Å². The standard InChI is InChI=1S/C19H23N3O4/c1-2-25-15-9-7-14(8-10-15)21-19(24)22-11-3-6-17(22)18(23)20-13-16-5-4-12-26-16/h4-5,7-10,12,17H,2-3,6,11,13H2,1H3,(H,20,23)(H,21,24)/t17-/m0/s1. The third kappa shape index (κ3) is 4.36. The summed E-state index contributed by atoms with van der Waals surface area (Å²) in [5, 5.41) is 5.67. The minimum Gasteiger partial charge on any atom is -0.494 e. The van der Waals surface area contributed by atoms with Crippen molar-refractivity contribution in [3.63, 3.8) is 0 Å². The smallest absolute Gasteiger partial charge is 0.322 e. The number of ether oxygens (including phenoxy) is 1. The number of amides is 3. The number of nitrogens with zero attached hydrogens (tertiary/aromatic N) is 1. The molecule has 1 aliphatic rings. The number of carbonyl (C=O) groups is 2. The molecule has 7 nitrogen and oxygen atoms in total. The summed E-state index contributed by atoms with van der Waals surface area (Å²) in [4.78, 5) is 26.6. The van der Waals surface area contributed by atoms with Gasteiger partial charge in [-0.25, -0.2) is 4.79 Å². The first-order valence-electron chi connectivity index (χ1n) is 8.78. The molecule has 0 radical (unpaired) electrons. The molecule has 7 heteroatoms. The van der Waals surface area contributed by atoms with Crippen molar-refractivity contribution >= 4 is 17.6 Å². The Morgan fingerprint density at radius 3 is 2.77 bits per heavy atom. The van der Waals surface area contributed by atoms with E-state index >= 15 is 0 Å². The van der Waals surface area contributed by atoms with Crippen LogP contribution in [0.2, 0.25) is 0 Å². The van der Waals surface area contributed by atoms with Crippen molar-refractivity contribution in [2.75, 3.05) is 18.5 Å². The summed E-state index contributed by atoms with van der Waals surface area (Å²) >= 11 is 0. The zero-order valence-corrected chi connectivity index (χ0v) is 14.7. The van der Waals surface area contributed by atoms with Crippen LogP contribution >= 0.6 is 0 Å². The molecule has 0 bridgehead atoms. The Labute approximate surface area is 152 Å². The summed E-state index contributed by atoms with van der Waals surface area (Å²) in [5.41, 5.74) is 0.667. The van der Waals surface area contributed by atoms with E-state index in [9.17, 15) is 9.59 Å². The molecule has 0 spiro atoms. The molecule has 1 fully saturated rings. The number of furan rings is 1. The molecule has 2 heterocycles. The third-order valence-corrected chi connectivity index (χ3v) is 4.25. The molecule has 26 heavy (non-hydrogen) atoms. The van der Waals surface area contributed by atoms with E-state index < -0.39 is 6.04 Å². The van der Waals surface area contributed by atoms with Crippen molar-refractivity contribution in [2.24, 2.45) is 0 Å². The molecule has 1 aliphatic heterocycles. The number of anilines is 1. The SMILES string of the molecule is CCOc1ccc(NC(=O)N2CCC[C@H]2C(=O)NCc2ccco2)cc1. The summed E-state index contributed by atoms with van der Waals surface area (Å²) in [6, 6.07) is 10.00. The molecular formula is C19H23N3O4. The predicted octanol–water partition coefficient (Wildman–Crippen LogP) is 2.99. The number of carbonyl (C=O) groups excluding carboxylic acids is 2. The number of hydrogen-bond acceptors (Lipinski definition) is 4. The summed E-state index contributed by atoms with van der Waals surface area (Å²) in [6.45, 7) is 3.38. The maximum atomic E-state index is 12.6. The van der Waals surface area contributed by atoms with Gasteiger partial charge in [-0.3, -0.25) is 4.79 Å². The van der Waals surface area contributed by atoms with Crippen LogP contribution in [-0.2, 0) is 11.3 Å². The highest BCUT2D eigenvalue weighted by Gasteiger charge is 2.34. The minimum absolute atomic E-state index is 0.166. The van der Waals surface area contributed by atoms with Crippen molar-refractivity contribution in [2.45, 2.75) is 32.4 Å². The van der Waals surface area contributed by atoms with Gasteiger partial charge in [0.25, 0.3) is 0 Å². The van der Waals surface area contributed by atoms with Gasteiger partial charge in [0, 0.05) is 12.2 Å². The van der Waals surface area contributed by atoms with Crippen LogP contribution in [0.15, 0.2) is 47.1 Å². The fraction of sp³-hybridized carbons (Fsp3) is 0.368. The van der Waals surface area contributed by atoms with E-state index in [-0.39, 0.29) is 11.9 Å². The van der Waals surface area contributed by atoms with E-state index in [4.69, 9.17) is 9.15 Å². The van der Waals surface area contributed by atoms with Crippen molar-refractivity contribution in [1.29, 1.82) is 0 Å². The van der Waals surface area contributed by atoms with Gasteiger partial charge in [0.1, 0.15) is 17.6 Å². The Morgan fingerprint density at radius 2 is 2.08 bits per heavy atom. The second-order valence-corrected chi connectivity index (χ2v) is 6.04. The van der Waals surface area contributed by atoms with E-state index in [2.05, 4.69) is 10.6 Å². The Kier molecular flexibility index (Phi) is 5.78. The van der Waals surface area contributed by atoms with Crippen LogP contribution in [0, 0.1) is 0 Å². The van der Waals surface area contributed by atoms with Crippen molar-refractivity contribution in [1.82, 2.24) is 10.2 Å². The van der Waals surface area contributed by atoms with Crippen molar-refractivity contribution < 1.29 is 18.7 Å². The predicted molar refractivity (Wildman–Crippen MR) is 96.9 cm³/mol. The van der Waals surface area contributed by atoms with Crippen LogP contribution < -0.4 is 15.4 Å². The number of benzene rings is 1. The van der Waals surface area contributed by atoms with Gasteiger partial charge in [0.05, 0.1) is 19.4 Å². The Hall–Kier alpha value is -2.96. The molecule has 1 atom stereocenters. The highest BCUT2D eigenvalue weighted by molar-refractivity contribution is 5.94. The Morgan fingerprint density at radius 1 is 1.27 bits per heavy atom. The van der Waals surface area contributed by atoms with Gasteiger partial charge in [0.15, 0.2) is 0 Å². The van der Waals surface area contributed by atoms with Crippen LogP contribution in [0.5, 0.6) is 5.75 Å². The maximum absolute atomic E-state index is 12.6. The van der Waals surface area contributed by atoms with Crippen molar-refractivity contribution in [3.8, 4) is 5.75 Å². The number of likely N-dealkylation sites (tertiary alicyclic amines) is 1. The van der Waals surface area contributed by atoms with Crippen molar-refractivity contribution in [3.05, 3.63) is 48.4 Å². The van der Waals surface area contributed by atoms with Gasteiger partial charge in [-0.1, -0.05) is 0 Å². The van der Waals surface area contributed by atoms with Gasteiger partial charge in [-0.2, -0.15) is 0 Å². The van der Waals surface area contributed by atoms with E-state index in [0.717, 1.165) is 12.2 Å². The molecule has 2 N–H and O–H groups in total. The molecule has 0 aliphatic carbocycles. The lowest BCUT2D eigenvalue weighted by Gasteiger charge is -2.24. The minimum atomic E-state index is -0.465. The number of hydrogen-bond donors (Lipinski definition) is 2. The lowest BCUT2D eigenvalue weighted by Crippen LogP contribution is -2.47. The lowest BCUT2D eigenvalue weighted by molar-refractivity contribution is -0.124. The molecule has 2 aromatic rings. The molecule has 1 saturated heterocycles. The fourth-order valence-electron chi connectivity index (χ4n) is 2.98. The lowest BCUT2D eigenvalue weighted by atomic mass is 10.2. The van der Waals surface area contributed by atoms with Crippen LogP contribution in [0.3, 0.4) is 0 Å². The summed E-state index contributed by atoms with van der Waals surface area (Å²) in [7, 11) is 0. The molecule has 3 amide bonds. The van der Waals surface area contributed by atoms with Crippen LogP contribution in [0.4, 0.5) is 10.5 Å². The van der Waals surface area contributed by atoms with E-state index in [1.165, 1.54) is 0 Å². The van der Waals surface area contributed by atoms with Gasteiger partial charge in [0.2, 0.25) is 5.91 Å². The molecule has 0 unspecified atom stereocenters. The van der Waals surface area contributed by atoms with Gasteiger partial charge in [-0.15, -0.1) is 0 Å². The van der Waals surface area contributed by atoms with Gasteiger partial charge in [-0.05, 0) is 56.2 Å². The van der Waals surface area contributed by atoms with Crippen LogP contribution in [-0.4, -0.2) is 36.0 Å². The molecule has 138 valence electrons. The summed E-state index contributed by atoms with van der Waals surface area (Å²) < 4.78 is 10.6. The van der Waals surface area contributed by atoms with E-state index in [1.54, 1.807) is 47.6 Å². The number of urea groups is 1. The van der Waals surface area contributed by atoms with E-state index in [0.29, 0.717) is 37.6 Å². The number of nitrogens with one attached hydrogen (secondary N) is 2. The highest BCUT2D eigenvalue weighted by Crippen LogP contribution is 2.21.